The number of amides is 1. The van der Waals surface area contributed by atoms with Gasteiger partial charge in [-0.1, -0.05) is 20.3 Å². The zero-order chi connectivity index (χ0) is 10.8. The van der Waals surface area contributed by atoms with E-state index in [0.29, 0.717) is 6.54 Å². The van der Waals surface area contributed by atoms with E-state index >= 15 is 0 Å². The van der Waals surface area contributed by atoms with Crippen molar-refractivity contribution in [2.24, 2.45) is 17.1 Å². The van der Waals surface area contributed by atoms with Gasteiger partial charge < -0.3 is 11.1 Å². The summed E-state index contributed by atoms with van der Waals surface area (Å²) in [5.41, 5.74) is 5.76. The molecule has 0 bridgehead atoms. The number of nitrogens with two attached hydrogens (primary N) is 1. The molecular formula is C11H22N2O. The van der Waals surface area contributed by atoms with Crippen LogP contribution in [-0.4, -0.2) is 18.5 Å². The van der Waals surface area contributed by atoms with E-state index in [1.165, 1.54) is 6.42 Å². The van der Waals surface area contributed by atoms with Gasteiger partial charge in [0.15, 0.2) is 0 Å². The lowest BCUT2D eigenvalue weighted by Crippen LogP contribution is -2.41. The van der Waals surface area contributed by atoms with Gasteiger partial charge in [-0.05, 0) is 25.2 Å². The van der Waals surface area contributed by atoms with Crippen molar-refractivity contribution in [1.29, 1.82) is 0 Å². The highest BCUT2D eigenvalue weighted by Gasteiger charge is 2.38. The molecule has 1 amide bonds. The Morgan fingerprint density at radius 2 is 2.29 bits per heavy atom. The van der Waals surface area contributed by atoms with Gasteiger partial charge in [-0.15, -0.1) is 0 Å². The fourth-order valence-electron chi connectivity index (χ4n) is 2.20. The standard InChI is InChI=1S/C11H22N2O/c1-8(12)7-13-10(14)9-5-4-6-11(9,2)3/h8-9H,4-7,12H2,1-3H3,(H,13,14). The minimum absolute atomic E-state index is 0.0449. The zero-order valence-electron chi connectivity index (χ0n) is 9.47. The van der Waals surface area contributed by atoms with Gasteiger partial charge in [0.25, 0.3) is 0 Å². The number of rotatable bonds is 3. The molecule has 0 aromatic rings. The van der Waals surface area contributed by atoms with Gasteiger partial charge in [0, 0.05) is 18.5 Å². The maximum Gasteiger partial charge on any atom is 0.223 e. The van der Waals surface area contributed by atoms with Gasteiger partial charge in [0.05, 0.1) is 0 Å². The molecule has 82 valence electrons. The maximum atomic E-state index is 11.8. The Balaban J connectivity index is 2.44. The van der Waals surface area contributed by atoms with Gasteiger partial charge >= 0.3 is 0 Å². The average molecular weight is 198 g/mol. The van der Waals surface area contributed by atoms with Crippen LogP contribution in [0.1, 0.15) is 40.0 Å². The molecule has 1 saturated carbocycles. The number of carbonyl (C=O) groups excluding carboxylic acids is 1. The van der Waals surface area contributed by atoms with Gasteiger partial charge in [0.1, 0.15) is 0 Å². The lowest BCUT2D eigenvalue weighted by molar-refractivity contribution is -0.127. The molecule has 1 aliphatic carbocycles. The highest BCUT2D eigenvalue weighted by Crippen LogP contribution is 2.42. The van der Waals surface area contributed by atoms with Crippen LogP contribution < -0.4 is 11.1 Å². The Morgan fingerprint density at radius 1 is 1.64 bits per heavy atom. The second-order valence-corrected chi connectivity index (χ2v) is 5.16. The third kappa shape index (κ3) is 2.71. The lowest BCUT2D eigenvalue weighted by atomic mass is 9.81. The molecule has 0 aliphatic heterocycles. The Morgan fingerprint density at radius 3 is 2.71 bits per heavy atom. The van der Waals surface area contributed by atoms with Crippen molar-refractivity contribution in [1.82, 2.24) is 5.32 Å². The van der Waals surface area contributed by atoms with Gasteiger partial charge in [-0.2, -0.15) is 0 Å². The SMILES string of the molecule is CC(N)CNC(=O)C1CCCC1(C)C. The monoisotopic (exact) mass is 198 g/mol. The van der Waals surface area contributed by atoms with E-state index in [9.17, 15) is 4.79 Å². The Kier molecular flexibility index (Phi) is 3.53. The normalized spacial score (nSPS) is 27.3. The largest absolute Gasteiger partial charge is 0.354 e. The molecule has 1 rings (SSSR count). The smallest absolute Gasteiger partial charge is 0.223 e. The molecule has 1 aliphatic rings. The molecular weight excluding hydrogens is 176 g/mol. The van der Waals surface area contributed by atoms with E-state index in [2.05, 4.69) is 19.2 Å². The molecule has 14 heavy (non-hydrogen) atoms. The minimum atomic E-state index is 0.0449. The van der Waals surface area contributed by atoms with Crippen LogP contribution in [0.5, 0.6) is 0 Å². The van der Waals surface area contributed by atoms with Crippen molar-refractivity contribution >= 4 is 5.91 Å². The number of hydrogen-bond acceptors (Lipinski definition) is 2. The van der Waals surface area contributed by atoms with Crippen LogP contribution in [0, 0.1) is 11.3 Å². The lowest BCUT2D eigenvalue weighted by Gasteiger charge is -2.26. The summed E-state index contributed by atoms with van der Waals surface area (Å²) in [5.74, 6) is 0.367. The van der Waals surface area contributed by atoms with Crippen molar-refractivity contribution in [2.45, 2.75) is 46.1 Å². The first kappa shape index (κ1) is 11.5. The van der Waals surface area contributed by atoms with Crippen molar-refractivity contribution in [3.05, 3.63) is 0 Å². The summed E-state index contributed by atoms with van der Waals surface area (Å²) in [6, 6.07) is 0.0449. The molecule has 3 heteroatoms. The molecule has 2 atom stereocenters. The molecule has 0 radical (unpaired) electrons. The molecule has 0 spiro atoms. The maximum absolute atomic E-state index is 11.8. The molecule has 2 unspecified atom stereocenters. The summed E-state index contributed by atoms with van der Waals surface area (Å²) >= 11 is 0. The number of carbonyl (C=O) groups is 1. The van der Waals surface area contributed by atoms with Crippen LogP contribution in [0.25, 0.3) is 0 Å². The molecule has 3 N–H and O–H groups in total. The first-order valence-electron chi connectivity index (χ1n) is 5.47. The molecule has 0 aromatic heterocycles. The fraction of sp³-hybridized carbons (Fsp3) is 0.909. The van der Waals surface area contributed by atoms with Gasteiger partial charge in [-0.3, -0.25) is 4.79 Å². The first-order chi connectivity index (χ1) is 6.43. The Labute approximate surface area is 86.4 Å². The second kappa shape index (κ2) is 4.30. The third-order valence-electron chi connectivity index (χ3n) is 3.17. The molecule has 1 fully saturated rings. The number of nitrogens with one attached hydrogen (secondary N) is 1. The predicted molar refractivity (Wildman–Crippen MR) is 57.8 cm³/mol. The van der Waals surface area contributed by atoms with E-state index in [-0.39, 0.29) is 23.3 Å². The van der Waals surface area contributed by atoms with E-state index in [1.54, 1.807) is 0 Å². The summed E-state index contributed by atoms with van der Waals surface area (Å²) in [5, 5.41) is 2.92. The van der Waals surface area contributed by atoms with Crippen LogP contribution in [0.3, 0.4) is 0 Å². The van der Waals surface area contributed by atoms with Crippen LogP contribution >= 0.6 is 0 Å². The first-order valence-corrected chi connectivity index (χ1v) is 5.47. The third-order valence-corrected chi connectivity index (χ3v) is 3.17. The molecule has 0 aromatic carbocycles. The zero-order valence-corrected chi connectivity index (χ0v) is 9.47. The van der Waals surface area contributed by atoms with Gasteiger partial charge in [-0.25, -0.2) is 0 Å². The van der Waals surface area contributed by atoms with Crippen molar-refractivity contribution in [3.63, 3.8) is 0 Å². The highest BCUT2D eigenvalue weighted by molar-refractivity contribution is 5.79. The molecule has 0 saturated heterocycles. The fourth-order valence-corrected chi connectivity index (χ4v) is 2.20. The van der Waals surface area contributed by atoms with E-state index in [0.717, 1.165) is 12.8 Å². The quantitative estimate of drug-likeness (QED) is 0.717. The van der Waals surface area contributed by atoms with Crippen molar-refractivity contribution in [3.8, 4) is 0 Å². The summed E-state index contributed by atoms with van der Waals surface area (Å²) in [4.78, 5) is 11.8. The van der Waals surface area contributed by atoms with Gasteiger partial charge in [0.2, 0.25) is 5.91 Å². The topological polar surface area (TPSA) is 55.1 Å². The minimum Gasteiger partial charge on any atom is -0.354 e. The van der Waals surface area contributed by atoms with Crippen LogP contribution in [0.15, 0.2) is 0 Å². The molecule has 3 nitrogen and oxygen atoms in total. The summed E-state index contributed by atoms with van der Waals surface area (Å²) in [6.45, 7) is 6.84. The highest BCUT2D eigenvalue weighted by atomic mass is 16.1. The average Bonchev–Trinajstić information content (AvgIpc) is 2.41. The number of hydrogen-bond donors (Lipinski definition) is 2. The van der Waals surface area contributed by atoms with Crippen LogP contribution in [0.4, 0.5) is 0 Å². The predicted octanol–water partition coefficient (Wildman–Crippen LogP) is 1.28. The van der Waals surface area contributed by atoms with Crippen LogP contribution in [-0.2, 0) is 4.79 Å². The van der Waals surface area contributed by atoms with E-state index in [4.69, 9.17) is 5.73 Å². The second-order valence-electron chi connectivity index (χ2n) is 5.16. The summed E-state index contributed by atoms with van der Waals surface area (Å²) in [7, 11) is 0. The molecule has 0 heterocycles. The Bertz CT molecular complexity index is 211. The summed E-state index contributed by atoms with van der Waals surface area (Å²) in [6.07, 6.45) is 3.35. The van der Waals surface area contributed by atoms with Crippen LogP contribution in [0.2, 0.25) is 0 Å². The summed E-state index contributed by atoms with van der Waals surface area (Å²) < 4.78 is 0. The van der Waals surface area contributed by atoms with E-state index in [1.807, 2.05) is 6.92 Å². The van der Waals surface area contributed by atoms with Crippen molar-refractivity contribution in [2.75, 3.05) is 6.54 Å². The van der Waals surface area contributed by atoms with Crippen molar-refractivity contribution < 1.29 is 4.79 Å². The Hall–Kier alpha value is -0.570. The van der Waals surface area contributed by atoms with E-state index < -0.39 is 0 Å².